The summed E-state index contributed by atoms with van der Waals surface area (Å²) >= 11 is 0. The van der Waals surface area contributed by atoms with Crippen molar-refractivity contribution in [1.82, 2.24) is 4.98 Å². The number of nitrogens with zero attached hydrogens (tertiary/aromatic N) is 2. The Kier molecular flexibility index (Phi) is 1.41. The maximum atomic E-state index is 12.1. The number of hydrogen-bond acceptors (Lipinski definition) is 1. The molecule has 0 fully saturated rings. The van der Waals surface area contributed by atoms with Gasteiger partial charge in [-0.25, -0.2) is 9.83 Å². The molecule has 0 atom stereocenters. The third-order valence-corrected chi connectivity index (χ3v) is 0.839. The molecule has 3 heteroatoms. The lowest BCUT2D eigenvalue weighted by Gasteiger charge is -1.85. The van der Waals surface area contributed by atoms with E-state index in [2.05, 4.69) is 9.83 Å². The zero-order valence-corrected chi connectivity index (χ0v) is 4.50. The predicted molar refractivity (Wildman–Crippen MR) is 30.5 cm³/mol. The molecule has 0 amide bonds. The Hall–Kier alpha value is -1.43. The molecule has 0 unspecified atom stereocenters. The summed E-state index contributed by atoms with van der Waals surface area (Å²) in [5, 5.41) is 0. The van der Waals surface area contributed by atoms with Gasteiger partial charge in [0.25, 0.3) is 0 Å². The van der Waals surface area contributed by atoms with Crippen molar-refractivity contribution >= 4 is 5.69 Å². The summed E-state index contributed by atoms with van der Waals surface area (Å²) in [5.41, 5.74) is 0.280. The van der Waals surface area contributed by atoms with Crippen LogP contribution in [0.15, 0.2) is 18.3 Å². The molecule has 2 nitrogen and oxygen atoms in total. The van der Waals surface area contributed by atoms with Gasteiger partial charge in [0, 0.05) is 6.20 Å². The van der Waals surface area contributed by atoms with Crippen molar-refractivity contribution in [3.63, 3.8) is 0 Å². The van der Waals surface area contributed by atoms with Crippen molar-refractivity contribution < 1.29 is 4.39 Å². The lowest BCUT2D eigenvalue weighted by molar-refractivity contribution is 0.585. The van der Waals surface area contributed by atoms with Gasteiger partial charge < -0.3 is 0 Å². The van der Waals surface area contributed by atoms with Gasteiger partial charge >= 0.3 is 0 Å². The molecule has 0 bridgehead atoms. The van der Waals surface area contributed by atoms with Gasteiger partial charge in [-0.1, -0.05) is 0 Å². The second-order valence-electron chi connectivity index (χ2n) is 1.45. The van der Waals surface area contributed by atoms with Gasteiger partial charge in [-0.05, 0) is 12.1 Å². The Labute approximate surface area is 51.8 Å². The molecule has 0 aromatic carbocycles. The third-order valence-electron chi connectivity index (χ3n) is 0.839. The molecule has 0 spiro atoms. The van der Waals surface area contributed by atoms with Gasteiger partial charge in [0.1, 0.15) is 0 Å². The van der Waals surface area contributed by atoms with E-state index in [1.54, 1.807) is 0 Å². The molecule has 0 saturated carbocycles. The summed E-state index contributed by atoms with van der Waals surface area (Å²) < 4.78 is 12.1. The van der Waals surface area contributed by atoms with Gasteiger partial charge in [0.15, 0.2) is 5.69 Å². The van der Waals surface area contributed by atoms with E-state index in [4.69, 9.17) is 6.57 Å². The SMILES string of the molecule is [C-]#[N+]c1ccnc(F)c1. The molecule has 1 aromatic rings. The maximum Gasteiger partial charge on any atom is 0.202 e. The van der Waals surface area contributed by atoms with E-state index in [9.17, 15) is 4.39 Å². The Bertz CT molecular complexity index is 251. The first-order valence-corrected chi connectivity index (χ1v) is 2.32. The van der Waals surface area contributed by atoms with Gasteiger partial charge in [-0.15, -0.1) is 0 Å². The van der Waals surface area contributed by atoms with Crippen LogP contribution in [-0.4, -0.2) is 4.98 Å². The smallest absolute Gasteiger partial charge is 0.202 e. The highest BCUT2D eigenvalue weighted by atomic mass is 19.1. The van der Waals surface area contributed by atoms with Crippen LogP contribution in [0.25, 0.3) is 4.85 Å². The summed E-state index contributed by atoms with van der Waals surface area (Å²) in [4.78, 5) is 6.28. The lowest BCUT2D eigenvalue weighted by Crippen LogP contribution is -1.75. The molecule has 0 N–H and O–H groups in total. The van der Waals surface area contributed by atoms with Crippen LogP contribution in [0.4, 0.5) is 10.1 Å². The van der Waals surface area contributed by atoms with Gasteiger partial charge in [0.2, 0.25) is 5.95 Å². The van der Waals surface area contributed by atoms with Gasteiger partial charge in [-0.3, -0.25) is 0 Å². The Morgan fingerprint density at radius 1 is 1.67 bits per heavy atom. The molecule has 0 radical (unpaired) electrons. The first kappa shape index (κ1) is 5.70. The molecule has 9 heavy (non-hydrogen) atoms. The third kappa shape index (κ3) is 1.23. The van der Waals surface area contributed by atoms with E-state index < -0.39 is 5.95 Å². The molecule has 1 rings (SSSR count). The first-order chi connectivity index (χ1) is 4.33. The summed E-state index contributed by atoms with van der Waals surface area (Å²) in [5.74, 6) is -0.608. The molecule has 0 aliphatic rings. The summed E-state index contributed by atoms with van der Waals surface area (Å²) in [6, 6.07) is 2.54. The molecule has 0 aliphatic heterocycles. The topological polar surface area (TPSA) is 17.2 Å². The van der Waals surface area contributed by atoms with E-state index >= 15 is 0 Å². The van der Waals surface area contributed by atoms with E-state index in [1.807, 2.05) is 0 Å². The summed E-state index contributed by atoms with van der Waals surface area (Å²) in [6.45, 7) is 6.47. The molecule has 44 valence electrons. The number of halogens is 1. The molecule has 0 aliphatic carbocycles. The van der Waals surface area contributed by atoms with Crippen molar-refractivity contribution in [2.45, 2.75) is 0 Å². The highest BCUT2D eigenvalue weighted by Gasteiger charge is 1.90. The largest absolute Gasteiger partial charge is 0.238 e. The fourth-order valence-corrected chi connectivity index (χ4v) is 0.462. The van der Waals surface area contributed by atoms with Crippen LogP contribution in [-0.2, 0) is 0 Å². The predicted octanol–water partition coefficient (Wildman–Crippen LogP) is 1.77. The fourth-order valence-electron chi connectivity index (χ4n) is 0.462. The van der Waals surface area contributed by atoms with Gasteiger partial charge in [0.05, 0.1) is 6.57 Å². The summed E-state index contributed by atoms with van der Waals surface area (Å²) in [7, 11) is 0. The van der Waals surface area contributed by atoms with Crippen LogP contribution in [0.5, 0.6) is 0 Å². The molecule has 0 saturated heterocycles. The van der Waals surface area contributed by atoms with Crippen molar-refractivity contribution in [3.8, 4) is 0 Å². The average molecular weight is 122 g/mol. The van der Waals surface area contributed by atoms with E-state index in [1.165, 1.54) is 12.3 Å². The molecular formula is C6H3FN2. The van der Waals surface area contributed by atoms with Crippen molar-refractivity contribution in [1.29, 1.82) is 0 Å². The van der Waals surface area contributed by atoms with E-state index in [-0.39, 0.29) is 5.69 Å². The Morgan fingerprint density at radius 2 is 2.44 bits per heavy atom. The number of pyridine rings is 1. The normalized spacial score (nSPS) is 8.44. The van der Waals surface area contributed by atoms with Crippen LogP contribution in [0, 0.1) is 12.5 Å². The van der Waals surface area contributed by atoms with Crippen LogP contribution >= 0.6 is 0 Å². The van der Waals surface area contributed by atoms with E-state index in [0.717, 1.165) is 6.07 Å². The molecular weight excluding hydrogens is 119 g/mol. The van der Waals surface area contributed by atoms with Crippen molar-refractivity contribution in [2.24, 2.45) is 0 Å². The highest BCUT2D eigenvalue weighted by Crippen LogP contribution is 2.09. The second-order valence-corrected chi connectivity index (χ2v) is 1.45. The van der Waals surface area contributed by atoms with Crippen molar-refractivity contribution in [2.75, 3.05) is 0 Å². The lowest BCUT2D eigenvalue weighted by atomic mass is 10.4. The summed E-state index contributed by atoms with van der Waals surface area (Å²) in [6.07, 6.45) is 1.27. The highest BCUT2D eigenvalue weighted by molar-refractivity contribution is 5.41. The number of rotatable bonds is 0. The standard InChI is InChI=1S/C6H3FN2/c1-8-5-2-3-9-6(7)4-5/h2-4H. The monoisotopic (exact) mass is 122 g/mol. The Balaban J connectivity index is 3.12. The zero-order valence-electron chi connectivity index (χ0n) is 4.50. The van der Waals surface area contributed by atoms with Crippen LogP contribution in [0.3, 0.4) is 0 Å². The van der Waals surface area contributed by atoms with Crippen molar-refractivity contribution in [3.05, 3.63) is 35.7 Å². The second kappa shape index (κ2) is 2.23. The van der Waals surface area contributed by atoms with Crippen LogP contribution in [0.2, 0.25) is 0 Å². The number of aromatic nitrogens is 1. The van der Waals surface area contributed by atoms with Crippen LogP contribution in [0.1, 0.15) is 0 Å². The minimum Gasteiger partial charge on any atom is -0.238 e. The molecule has 1 heterocycles. The minimum atomic E-state index is -0.608. The number of hydrogen-bond donors (Lipinski definition) is 0. The molecule has 1 aromatic heterocycles. The maximum absolute atomic E-state index is 12.1. The first-order valence-electron chi connectivity index (χ1n) is 2.32. The Morgan fingerprint density at radius 3 is 2.89 bits per heavy atom. The average Bonchev–Trinajstić information content (AvgIpc) is 1.88. The minimum absolute atomic E-state index is 0.280. The fraction of sp³-hybridized carbons (Fsp3) is 0. The van der Waals surface area contributed by atoms with Crippen LogP contribution < -0.4 is 0 Å². The van der Waals surface area contributed by atoms with Gasteiger partial charge in [-0.2, -0.15) is 4.39 Å². The zero-order chi connectivity index (χ0) is 6.69. The quantitative estimate of drug-likeness (QED) is 0.378. The van der Waals surface area contributed by atoms with E-state index in [0.29, 0.717) is 0 Å².